The average molecular weight is 275 g/mol. The molecule has 0 saturated carbocycles. The van der Waals surface area contributed by atoms with E-state index >= 15 is 0 Å². The molecule has 1 fully saturated rings. The van der Waals surface area contributed by atoms with Crippen LogP contribution in [0.4, 0.5) is 5.95 Å². The van der Waals surface area contributed by atoms with Crippen molar-refractivity contribution in [3.05, 3.63) is 17.5 Å². The highest BCUT2D eigenvalue weighted by molar-refractivity contribution is 5.36. The van der Waals surface area contributed by atoms with Gasteiger partial charge in [-0.1, -0.05) is 6.92 Å². The average Bonchev–Trinajstić information content (AvgIpc) is 2.53. The summed E-state index contributed by atoms with van der Waals surface area (Å²) in [5, 5.41) is 0. The fraction of sp³-hybridized carbons (Fsp3) is 0.733. The Hall–Kier alpha value is -1.20. The Bertz CT molecular complexity index is 462. The van der Waals surface area contributed by atoms with Gasteiger partial charge < -0.3 is 10.6 Å². The van der Waals surface area contributed by atoms with Gasteiger partial charge in [0.2, 0.25) is 5.95 Å². The lowest BCUT2D eigenvalue weighted by molar-refractivity contribution is 0.265. The molecule has 20 heavy (non-hydrogen) atoms. The summed E-state index contributed by atoms with van der Waals surface area (Å²) in [7, 11) is 0. The fourth-order valence-corrected chi connectivity index (χ4v) is 3.28. The summed E-state index contributed by atoms with van der Waals surface area (Å²) >= 11 is 0. The summed E-state index contributed by atoms with van der Waals surface area (Å²) in [6.07, 6.45) is 6.73. The van der Waals surface area contributed by atoms with Crippen molar-refractivity contribution in [3.63, 3.8) is 0 Å². The van der Waals surface area contributed by atoms with Crippen molar-refractivity contribution in [2.75, 3.05) is 31.1 Å². The normalized spacial score (nSPS) is 23.7. The Kier molecular flexibility index (Phi) is 4.17. The van der Waals surface area contributed by atoms with Crippen LogP contribution in [0.25, 0.3) is 0 Å². The van der Waals surface area contributed by atoms with Crippen molar-refractivity contribution >= 4 is 5.95 Å². The quantitative estimate of drug-likeness (QED) is 0.897. The molecule has 3 heterocycles. The summed E-state index contributed by atoms with van der Waals surface area (Å²) in [5.74, 6) is 0.892. The highest BCUT2D eigenvalue weighted by Gasteiger charge is 2.25. The first-order valence-electron chi connectivity index (χ1n) is 7.85. The van der Waals surface area contributed by atoms with Crippen LogP contribution in [-0.4, -0.2) is 47.1 Å². The molecular weight excluding hydrogens is 250 g/mol. The van der Waals surface area contributed by atoms with Crippen LogP contribution in [0.15, 0.2) is 6.20 Å². The van der Waals surface area contributed by atoms with Crippen LogP contribution in [0.3, 0.4) is 0 Å². The molecule has 1 saturated heterocycles. The number of likely N-dealkylation sites (N-methyl/N-ethyl adjacent to an activating group) is 1. The SMILES string of the molecule is CCN1CCc2nc(N3CCCCC3CN)ncc2C1. The number of nitrogens with zero attached hydrogens (tertiary/aromatic N) is 4. The summed E-state index contributed by atoms with van der Waals surface area (Å²) < 4.78 is 0. The van der Waals surface area contributed by atoms with Gasteiger partial charge in [0.05, 0.1) is 5.69 Å². The highest BCUT2D eigenvalue weighted by Crippen LogP contribution is 2.24. The molecule has 0 aromatic carbocycles. The number of aromatic nitrogens is 2. The maximum atomic E-state index is 5.90. The third-order valence-electron chi connectivity index (χ3n) is 4.60. The molecule has 0 radical (unpaired) electrons. The van der Waals surface area contributed by atoms with Crippen molar-refractivity contribution in [1.82, 2.24) is 14.9 Å². The molecule has 5 nitrogen and oxygen atoms in total. The molecule has 0 aliphatic carbocycles. The number of hydrogen-bond acceptors (Lipinski definition) is 5. The Morgan fingerprint density at radius 1 is 1.35 bits per heavy atom. The van der Waals surface area contributed by atoms with E-state index in [1.165, 1.54) is 30.5 Å². The first-order chi connectivity index (χ1) is 9.81. The van der Waals surface area contributed by atoms with Crippen LogP contribution in [0.5, 0.6) is 0 Å². The third kappa shape index (κ3) is 2.65. The minimum Gasteiger partial charge on any atom is -0.337 e. The van der Waals surface area contributed by atoms with Crippen LogP contribution < -0.4 is 10.6 Å². The van der Waals surface area contributed by atoms with Gasteiger partial charge in [-0.05, 0) is 25.8 Å². The van der Waals surface area contributed by atoms with Crippen LogP contribution in [0.2, 0.25) is 0 Å². The second kappa shape index (κ2) is 6.06. The summed E-state index contributed by atoms with van der Waals surface area (Å²) in [4.78, 5) is 14.2. The monoisotopic (exact) mass is 275 g/mol. The van der Waals surface area contributed by atoms with Gasteiger partial charge in [0, 0.05) is 50.4 Å². The van der Waals surface area contributed by atoms with Crippen molar-refractivity contribution in [2.45, 2.75) is 45.2 Å². The Morgan fingerprint density at radius 2 is 2.25 bits per heavy atom. The topological polar surface area (TPSA) is 58.3 Å². The molecule has 1 aromatic heterocycles. The van der Waals surface area contributed by atoms with Gasteiger partial charge in [0.1, 0.15) is 0 Å². The van der Waals surface area contributed by atoms with Gasteiger partial charge in [-0.2, -0.15) is 0 Å². The lowest BCUT2D eigenvalue weighted by Crippen LogP contribution is -2.45. The first kappa shape index (κ1) is 13.8. The molecule has 2 aliphatic rings. The molecule has 0 amide bonds. The minimum atomic E-state index is 0.414. The van der Waals surface area contributed by atoms with Crippen LogP contribution >= 0.6 is 0 Å². The smallest absolute Gasteiger partial charge is 0.225 e. The Morgan fingerprint density at radius 3 is 3.05 bits per heavy atom. The molecule has 110 valence electrons. The molecule has 0 spiro atoms. The van der Waals surface area contributed by atoms with E-state index in [4.69, 9.17) is 10.7 Å². The molecule has 1 unspecified atom stereocenters. The van der Waals surface area contributed by atoms with E-state index in [9.17, 15) is 0 Å². The minimum absolute atomic E-state index is 0.414. The summed E-state index contributed by atoms with van der Waals surface area (Å²) in [6.45, 7) is 7.15. The molecule has 2 aliphatic heterocycles. The maximum absolute atomic E-state index is 5.90. The zero-order valence-corrected chi connectivity index (χ0v) is 12.4. The number of hydrogen-bond donors (Lipinski definition) is 1. The third-order valence-corrected chi connectivity index (χ3v) is 4.60. The van der Waals surface area contributed by atoms with E-state index < -0.39 is 0 Å². The number of anilines is 1. The number of nitrogens with two attached hydrogens (primary N) is 1. The molecule has 0 bridgehead atoms. The summed E-state index contributed by atoms with van der Waals surface area (Å²) in [6, 6.07) is 0.414. The first-order valence-corrected chi connectivity index (χ1v) is 7.85. The Labute approximate surface area is 121 Å². The predicted octanol–water partition coefficient (Wildman–Crippen LogP) is 1.17. The molecule has 1 aromatic rings. The van der Waals surface area contributed by atoms with Gasteiger partial charge in [0.25, 0.3) is 0 Å². The lowest BCUT2D eigenvalue weighted by atomic mass is 10.0. The van der Waals surface area contributed by atoms with Crippen molar-refractivity contribution in [2.24, 2.45) is 5.73 Å². The molecular formula is C15H25N5. The zero-order valence-electron chi connectivity index (χ0n) is 12.4. The van der Waals surface area contributed by atoms with E-state index in [-0.39, 0.29) is 0 Å². The lowest BCUT2D eigenvalue weighted by Gasteiger charge is -2.36. The second-order valence-corrected chi connectivity index (χ2v) is 5.84. The summed E-state index contributed by atoms with van der Waals surface area (Å²) in [5.41, 5.74) is 8.43. The van der Waals surface area contributed by atoms with E-state index in [0.29, 0.717) is 12.6 Å². The van der Waals surface area contributed by atoms with E-state index in [1.807, 2.05) is 6.20 Å². The van der Waals surface area contributed by atoms with Gasteiger partial charge in [-0.3, -0.25) is 4.90 Å². The molecule has 2 N–H and O–H groups in total. The fourth-order valence-electron chi connectivity index (χ4n) is 3.28. The maximum Gasteiger partial charge on any atom is 0.225 e. The highest BCUT2D eigenvalue weighted by atomic mass is 15.3. The van der Waals surface area contributed by atoms with E-state index in [2.05, 4.69) is 21.7 Å². The zero-order chi connectivity index (χ0) is 13.9. The van der Waals surface area contributed by atoms with Crippen molar-refractivity contribution in [1.29, 1.82) is 0 Å². The second-order valence-electron chi connectivity index (χ2n) is 5.84. The van der Waals surface area contributed by atoms with Gasteiger partial charge in [-0.15, -0.1) is 0 Å². The largest absolute Gasteiger partial charge is 0.337 e. The van der Waals surface area contributed by atoms with Gasteiger partial charge >= 0.3 is 0 Å². The van der Waals surface area contributed by atoms with Crippen LogP contribution in [0.1, 0.15) is 37.4 Å². The predicted molar refractivity (Wildman–Crippen MR) is 80.7 cm³/mol. The number of rotatable bonds is 3. The van der Waals surface area contributed by atoms with E-state index in [1.54, 1.807) is 0 Å². The van der Waals surface area contributed by atoms with Crippen molar-refractivity contribution in [3.8, 4) is 0 Å². The number of piperidine rings is 1. The molecule has 5 heteroatoms. The molecule has 1 atom stereocenters. The van der Waals surface area contributed by atoms with Crippen LogP contribution in [-0.2, 0) is 13.0 Å². The molecule has 3 rings (SSSR count). The van der Waals surface area contributed by atoms with Gasteiger partial charge in [0.15, 0.2) is 0 Å². The standard InChI is InChI=1S/C15H25N5/c1-2-19-8-6-14-12(11-19)10-17-15(18-14)20-7-4-3-5-13(20)9-16/h10,13H,2-9,11,16H2,1H3. The Balaban J connectivity index is 1.81. The number of fused-ring (bicyclic) bond motifs is 1. The van der Waals surface area contributed by atoms with Crippen molar-refractivity contribution < 1.29 is 0 Å². The van der Waals surface area contributed by atoms with E-state index in [0.717, 1.165) is 38.5 Å². The van der Waals surface area contributed by atoms with Gasteiger partial charge in [-0.25, -0.2) is 9.97 Å². The van der Waals surface area contributed by atoms with Crippen LogP contribution in [0, 0.1) is 0 Å².